The highest BCUT2D eigenvalue weighted by Crippen LogP contribution is 2.30. The Morgan fingerprint density at radius 3 is 2.73 bits per heavy atom. The largest absolute Gasteiger partial charge is 0.395 e. The molecule has 0 radical (unpaired) electrons. The Labute approximate surface area is 152 Å². The lowest BCUT2D eigenvalue weighted by molar-refractivity contribution is -0.123. The number of fused-ring (bicyclic) bond motifs is 1. The molecule has 1 fully saturated rings. The van der Waals surface area contributed by atoms with E-state index in [-0.39, 0.29) is 36.7 Å². The number of aliphatic hydroxyl groups is 1. The molecule has 2 aromatic rings. The molecule has 1 aliphatic carbocycles. The van der Waals surface area contributed by atoms with E-state index in [2.05, 4.69) is 10.3 Å². The highest BCUT2D eigenvalue weighted by molar-refractivity contribution is 6.12. The van der Waals surface area contributed by atoms with Crippen LogP contribution in [0.1, 0.15) is 42.5 Å². The van der Waals surface area contributed by atoms with Crippen molar-refractivity contribution in [1.82, 2.24) is 10.3 Å². The third-order valence-electron chi connectivity index (χ3n) is 5.11. The fraction of sp³-hybridized carbons (Fsp3) is 0.474. The van der Waals surface area contributed by atoms with E-state index in [4.69, 9.17) is 10.8 Å². The molecule has 7 heteroatoms. The van der Waals surface area contributed by atoms with Crippen molar-refractivity contribution in [2.45, 2.75) is 32.1 Å². The van der Waals surface area contributed by atoms with E-state index < -0.39 is 0 Å². The summed E-state index contributed by atoms with van der Waals surface area (Å²) in [4.78, 5) is 29.7. The molecule has 1 aromatic carbocycles. The second-order valence-corrected chi connectivity index (χ2v) is 6.86. The van der Waals surface area contributed by atoms with Gasteiger partial charge in [0.2, 0.25) is 5.91 Å². The molecule has 1 aliphatic rings. The number of nitrogen functional groups attached to an aromatic ring is 1. The van der Waals surface area contributed by atoms with E-state index >= 15 is 0 Å². The van der Waals surface area contributed by atoms with Gasteiger partial charge in [0.25, 0.3) is 5.91 Å². The third-order valence-corrected chi connectivity index (χ3v) is 5.11. The molecule has 26 heavy (non-hydrogen) atoms. The molecule has 0 atom stereocenters. The van der Waals surface area contributed by atoms with Crippen LogP contribution in [0.2, 0.25) is 0 Å². The van der Waals surface area contributed by atoms with Crippen LogP contribution >= 0.6 is 0 Å². The minimum atomic E-state index is -0.331. The zero-order valence-corrected chi connectivity index (χ0v) is 15.0. The lowest BCUT2D eigenvalue weighted by Crippen LogP contribution is -2.33. The Morgan fingerprint density at radius 2 is 2.04 bits per heavy atom. The molecule has 0 unspecified atom stereocenters. The van der Waals surface area contributed by atoms with Crippen LogP contribution in [0.15, 0.2) is 18.2 Å². The predicted molar refractivity (Wildman–Crippen MR) is 102 cm³/mol. The summed E-state index contributed by atoms with van der Waals surface area (Å²) in [5.74, 6) is 0.179. The quantitative estimate of drug-likeness (QED) is 0.655. The monoisotopic (exact) mass is 358 g/mol. The number of H-pyrrole nitrogens is 1. The van der Waals surface area contributed by atoms with Gasteiger partial charge in [-0.2, -0.15) is 0 Å². The molecule has 0 spiro atoms. The standard InChI is InChI=1S/C19H26N4O3/c1-23(19(26)12-5-3-2-4-6-12)13-7-8-14-15(11-13)22-17(20)16(14)18(25)21-9-10-24/h7-8,11-12,22,24H,2-6,9-10,20H2,1H3,(H,21,25). The van der Waals surface area contributed by atoms with Gasteiger partial charge < -0.3 is 26.0 Å². The number of nitrogens with two attached hydrogens (primary N) is 1. The topological polar surface area (TPSA) is 111 Å². The maximum absolute atomic E-state index is 12.7. The van der Waals surface area contributed by atoms with E-state index in [1.54, 1.807) is 18.0 Å². The predicted octanol–water partition coefficient (Wildman–Crippen LogP) is 2.02. The summed E-state index contributed by atoms with van der Waals surface area (Å²) in [5.41, 5.74) is 7.81. The van der Waals surface area contributed by atoms with Gasteiger partial charge in [0.05, 0.1) is 12.2 Å². The first kappa shape index (κ1) is 18.3. The molecule has 5 N–H and O–H groups in total. The molecule has 1 heterocycles. The Bertz CT molecular complexity index is 808. The summed E-state index contributed by atoms with van der Waals surface area (Å²) >= 11 is 0. The fourth-order valence-corrected chi connectivity index (χ4v) is 3.67. The number of aromatic nitrogens is 1. The molecule has 1 aromatic heterocycles. The van der Waals surface area contributed by atoms with Crippen molar-refractivity contribution < 1.29 is 14.7 Å². The first-order valence-electron chi connectivity index (χ1n) is 9.10. The summed E-state index contributed by atoms with van der Waals surface area (Å²) in [6.45, 7) is 0.0356. The number of amides is 2. The molecule has 3 rings (SSSR count). The molecule has 7 nitrogen and oxygen atoms in total. The van der Waals surface area contributed by atoms with E-state index in [9.17, 15) is 9.59 Å². The number of aromatic amines is 1. The second kappa shape index (κ2) is 7.78. The molecule has 140 valence electrons. The zero-order valence-electron chi connectivity index (χ0n) is 15.0. The molecule has 0 bridgehead atoms. The average molecular weight is 358 g/mol. The van der Waals surface area contributed by atoms with E-state index in [0.29, 0.717) is 16.5 Å². The average Bonchev–Trinajstić information content (AvgIpc) is 3.00. The SMILES string of the molecule is CN(C(=O)C1CCCCC1)c1ccc2c(C(=O)NCCO)c(N)[nH]c2c1. The number of nitrogens with zero attached hydrogens (tertiary/aromatic N) is 1. The summed E-state index contributed by atoms with van der Waals surface area (Å²) in [7, 11) is 1.79. The minimum Gasteiger partial charge on any atom is -0.395 e. The van der Waals surface area contributed by atoms with Crippen LogP contribution in [-0.4, -0.2) is 42.1 Å². The van der Waals surface area contributed by atoms with E-state index in [0.717, 1.165) is 31.4 Å². The number of anilines is 2. The van der Waals surface area contributed by atoms with Crippen LogP contribution in [0.3, 0.4) is 0 Å². The van der Waals surface area contributed by atoms with Gasteiger partial charge in [0.1, 0.15) is 5.82 Å². The molecule has 1 saturated carbocycles. The highest BCUT2D eigenvalue weighted by atomic mass is 16.3. The van der Waals surface area contributed by atoms with Gasteiger partial charge in [-0.3, -0.25) is 9.59 Å². The number of rotatable bonds is 5. The van der Waals surface area contributed by atoms with Gasteiger partial charge in [0, 0.05) is 36.1 Å². The van der Waals surface area contributed by atoms with Crippen molar-refractivity contribution in [2.24, 2.45) is 5.92 Å². The van der Waals surface area contributed by atoms with Crippen molar-refractivity contribution in [3.8, 4) is 0 Å². The Hall–Kier alpha value is -2.54. The maximum atomic E-state index is 12.7. The number of hydrogen-bond donors (Lipinski definition) is 4. The van der Waals surface area contributed by atoms with Crippen LogP contribution in [0.5, 0.6) is 0 Å². The Morgan fingerprint density at radius 1 is 1.31 bits per heavy atom. The normalized spacial score (nSPS) is 15.2. The number of carbonyl (C=O) groups is 2. The summed E-state index contributed by atoms with van der Waals surface area (Å²) in [5, 5.41) is 12.2. The van der Waals surface area contributed by atoms with Crippen LogP contribution < -0.4 is 16.0 Å². The summed E-state index contributed by atoms with van der Waals surface area (Å²) < 4.78 is 0. The van der Waals surface area contributed by atoms with Gasteiger partial charge in [-0.1, -0.05) is 19.3 Å². The minimum absolute atomic E-state index is 0.0954. The first-order valence-corrected chi connectivity index (χ1v) is 9.10. The zero-order chi connectivity index (χ0) is 18.7. The van der Waals surface area contributed by atoms with Crippen LogP contribution in [-0.2, 0) is 4.79 Å². The lowest BCUT2D eigenvalue weighted by Gasteiger charge is -2.26. The van der Waals surface area contributed by atoms with Crippen molar-refractivity contribution in [1.29, 1.82) is 0 Å². The van der Waals surface area contributed by atoms with Crippen LogP contribution in [0, 0.1) is 5.92 Å². The number of hydrogen-bond acceptors (Lipinski definition) is 4. The van der Waals surface area contributed by atoms with E-state index in [1.165, 1.54) is 6.42 Å². The lowest BCUT2D eigenvalue weighted by atomic mass is 9.88. The van der Waals surface area contributed by atoms with Gasteiger partial charge in [0.15, 0.2) is 0 Å². The first-order chi connectivity index (χ1) is 12.5. The smallest absolute Gasteiger partial charge is 0.255 e. The van der Waals surface area contributed by atoms with Gasteiger partial charge in [-0.25, -0.2) is 0 Å². The van der Waals surface area contributed by atoms with Gasteiger partial charge in [-0.15, -0.1) is 0 Å². The number of carbonyl (C=O) groups excluding carboxylic acids is 2. The molecule has 0 aliphatic heterocycles. The fourth-order valence-electron chi connectivity index (χ4n) is 3.67. The van der Waals surface area contributed by atoms with E-state index in [1.807, 2.05) is 12.1 Å². The Balaban J connectivity index is 1.85. The number of nitrogens with one attached hydrogen (secondary N) is 2. The van der Waals surface area contributed by atoms with Crippen LogP contribution in [0.25, 0.3) is 10.9 Å². The third kappa shape index (κ3) is 3.53. The highest BCUT2D eigenvalue weighted by Gasteiger charge is 2.25. The Kier molecular flexibility index (Phi) is 5.46. The summed E-state index contributed by atoms with van der Waals surface area (Å²) in [6, 6.07) is 5.48. The van der Waals surface area contributed by atoms with Crippen LogP contribution in [0.4, 0.5) is 11.5 Å². The van der Waals surface area contributed by atoms with Gasteiger partial charge >= 0.3 is 0 Å². The molecular weight excluding hydrogens is 332 g/mol. The second-order valence-electron chi connectivity index (χ2n) is 6.86. The molecule has 0 saturated heterocycles. The van der Waals surface area contributed by atoms with Crippen molar-refractivity contribution >= 4 is 34.2 Å². The summed E-state index contributed by atoms with van der Waals surface area (Å²) in [6.07, 6.45) is 5.35. The maximum Gasteiger partial charge on any atom is 0.255 e. The van der Waals surface area contributed by atoms with Crippen molar-refractivity contribution in [3.05, 3.63) is 23.8 Å². The molecular formula is C19H26N4O3. The van der Waals surface area contributed by atoms with Gasteiger partial charge in [-0.05, 0) is 31.0 Å². The van der Waals surface area contributed by atoms with Crippen molar-refractivity contribution in [3.63, 3.8) is 0 Å². The van der Waals surface area contributed by atoms with Crippen molar-refractivity contribution in [2.75, 3.05) is 30.8 Å². The number of aliphatic hydroxyl groups excluding tert-OH is 1. The number of benzene rings is 1. The molecule has 2 amide bonds.